The molecule has 8 heteroatoms. The van der Waals surface area contributed by atoms with Gasteiger partial charge in [0.2, 0.25) is 0 Å². The van der Waals surface area contributed by atoms with Crippen LogP contribution in [0.5, 0.6) is 5.75 Å². The van der Waals surface area contributed by atoms with Crippen LogP contribution in [-0.2, 0) is 28.3 Å². The standard InChI is InChI=1S/C22H20N2O6/c1-2-22(28)15-9-17-19-12(10-24(17)20(26)14(15)11-30-21(22)27)8-13-16(23-19)4-3-5-18(13)29-7-6-25/h3-5,8-9,25,28H,2,6-7,10-11H2,1H3/t22-/m0/s1. The Hall–Kier alpha value is -3.23. The molecule has 154 valence electrons. The number of rotatable bonds is 4. The Labute approximate surface area is 171 Å². The van der Waals surface area contributed by atoms with Crippen molar-refractivity contribution in [2.45, 2.75) is 32.1 Å². The third kappa shape index (κ3) is 2.50. The molecule has 8 nitrogen and oxygen atoms in total. The van der Waals surface area contributed by atoms with E-state index in [1.807, 2.05) is 24.3 Å². The van der Waals surface area contributed by atoms with E-state index in [4.69, 9.17) is 19.6 Å². The Balaban J connectivity index is 1.72. The lowest BCUT2D eigenvalue weighted by atomic mass is 9.86. The van der Waals surface area contributed by atoms with E-state index in [1.54, 1.807) is 17.6 Å². The molecule has 0 amide bonds. The molecule has 30 heavy (non-hydrogen) atoms. The first-order chi connectivity index (χ1) is 14.5. The summed E-state index contributed by atoms with van der Waals surface area (Å²) in [6.45, 7) is 1.93. The average molecular weight is 408 g/mol. The minimum absolute atomic E-state index is 0.0950. The van der Waals surface area contributed by atoms with Crippen molar-refractivity contribution < 1.29 is 24.5 Å². The molecular weight excluding hydrogens is 388 g/mol. The monoisotopic (exact) mass is 408 g/mol. The van der Waals surface area contributed by atoms with Gasteiger partial charge in [0.25, 0.3) is 5.56 Å². The summed E-state index contributed by atoms with van der Waals surface area (Å²) in [5, 5.41) is 20.8. The first-order valence-electron chi connectivity index (χ1n) is 9.81. The summed E-state index contributed by atoms with van der Waals surface area (Å²) >= 11 is 0. The largest absolute Gasteiger partial charge is 0.490 e. The first-order valence-corrected chi connectivity index (χ1v) is 9.81. The highest BCUT2D eigenvalue weighted by atomic mass is 16.6. The summed E-state index contributed by atoms with van der Waals surface area (Å²) in [4.78, 5) is 30.2. The summed E-state index contributed by atoms with van der Waals surface area (Å²) in [7, 11) is 0. The lowest BCUT2D eigenvalue weighted by Gasteiger charge is -2.31. The molecule has 4 heterocycles. The number of aromatic nitrogens is 2. The van der Waals surface area contributed by atoms with Gasteiger partial charge in [0.1, 0.15) is 19.0 Å². The number of fused-ring (bicyclic) bond motifs is 5. The molecule has 0 spiro atoms. The lowest BCUT2D eigenvalue weighted by Crippen LogP contribution is -2.44. The number of ether oxygens (including phenoxy) is 2. The first kappa shape index (κ1) is 18.8. The van der Waals surface area contributed by atoms with Gasteiger partial charge < -0.3 is 24.3 Å². The highest BCUT2D eigenvalue weighted by Crippen LogP contribution is 2.39. The van der Waals surface area contributed by atoms with E-state index in [2.05, 4.69) is 0 Å². The Morgan fingerprint density at radius 2 is 2.13 bits per heavy atom. The number of aliphatic hydroxyl groups is 2. The Morgan fingerprint density at radius 3 is 2.90 bits per heavy atom. The van der Waals surface area contributed by atoms with Crippen LogP contribution in [-0.4, -0.2) is 38.9 Å². The summed E-state index contributed by atoms with van der Waals surface area (Å²) < 4.78 is 12.3. The average Bonchev–Trinajstić information content (AvgIpc) is 3.11. The van der Waals surface area contributed by atoms with Gasteiger partial charge in [0.05, 0.1) is 35.6 Å². The molecule has 0 aliphatic carbocycles. The van der Waals surface area contributed by atoms with E-state index in [1.165, 1.54) is 0 Å². The van der Waals surface area contributed by atoms with Crippen molar-refractivity contribution >= 4 is 16.9 Å². The fraction of sp³-hybridized carbons (Fsp3) is 0.318. The maximum absolute atomic E-state index is 13.2. The third-order valence-electron chi connectivity index (χ3n) is 5.86. The van der Waals surface area contributed by atoms with E-state index < -0.39 is 11.6 Å². The van der Waals surface area contributed by atoms with Gasteiger partial charge in [-0.3, -0.25) is 4.79 Å². The lowest BCUT2D eigenvalue weighted by molar-refractivity contribution is -0.172. The van der Waals surface area contributed by atoms with Crippen molar-refractivity contribution in [1.29, 1.82) is 0 Å². The van der Waals surface area contributed by atoms with Gasteiger partial charge in [0.15, 0.2) is 5.60 Å². The van der Waals surface area contributed by atoms with Gasteiger partial charge in [-0.1, -0.05) is 13.0 Å². The number of carbonyl (C=O) groups is 1. The minimum Gasteiger partial charge on any atom is -0.490 e. The van der Waals surface area contributed by atoms with Gasteiger partial charge in [0, 0.05) is 16.5 Å². The Kier molecular flexibility index (Phi) is 4.16. The van der Waals surface area contributed by atoms with Crippen molar-refractivity contribution in [3.05, 3.63) is 57.4 Å². The van der Waals surface area contributed by atoms with Crippen LogP contribution < -0.4 is 10.3 Å². The highest BCUT2D eigenvalue weighted by molar-refractivity contribution is 5.89. The summed E-state index contributed by atoms with van der Waals surface area (Å²) in [6, 6.07) is 9.10. The zero-order valence-electron chi connectivity index (χ0n) is 16.3. The fourth-order valence-corrected chi connectivity index (χ4v) is 4.26. The Bertz CT molecular complexity index is 1260. The summed E-state index contributed by atoms with van der Waals surface area (Å²) in [5.74, 6) is -0.129. The van der Waals surface area contributed by atoms with E-state index >= 15 is 0 Å². The smallest absolute Gasteiger partial charge is 0.343 e. The van der Waals surface area contributed by atoms with Crippen molar-refractivity contribution in [3.8, 4) is 17.1 Å². The van der Waals surface area contributed by atoms with Crippen LogP contribution in [0.4, 0.5) is 0 Å². The quantitative estimate of drug-likeness (QED) is 0.492. The van der Waals surface area contributed by atoms with Crippen LogP contribution in [0.1, 0.15) is 30.0 Å². The molecular formula is C22H20N2O6. The molecule has 2 N–H and O–H groups in total. The van der Waals surface area contributed by atoms with Crippen molar-refractivity contribution in [1.82, 2.24) is 9.55 Å². The Morgan fingerprint density at radius 1 is 1.30 bits per heavy atom. The van der Waals surface area contributed by atoms with Gasteiger partial charge in [-0.25, -0.2) is 9.78 Å². The molecule has 0 fully saturated rings. The molecule has 1 atom stereocenters. The van der Waals surface area contributed by atoms with E-state index in [-0.39, 0.29) is 31.8 Å². The highest BCUT2D eigenvalue weighted by Gasteiger charge is 2.45. The van der Waals surface area contributed by atoms with Gasteiger partial charge in [-0.15, -0.1) is 0 Å². The fourth-order valence-electron chi connectivity index (χ4n) is 4.26. The summed E-state index contributed by atoms with van der Waals surface area (Å²) in [5.41, 5.74) is 1.20. The van der Waals surface area contributed by atoms with Crippen LogP contribution in [0.15, 0.2) is 35.1 Å². The van der Waals surface area contributed by atoms with Crippen molar-refractivity contribution in [2.75, 3.05) is 13.2 Å². The third-order valence-corrected chi connectivity index (χ3v) is 5.86. The number of carbonyl (C=O) groups excluding carboxylic acids is 1. The van der Waals surface area contributed by atoms with Crippen LogP contribution in [0, 0.1) is 0 Å². The predicted molar refractivity (Wildman–Crippen MR) is 107 cm³/mol. The van der Waals surface area contributed by atoms with Crippen LogP contribution in [0.3, 0.4) is 0 Å². The molecule has 2 aromatic heterocycles. The zero-order valence-corrected chi connectivity index (χ0v) is 16.3. The number of aliphatic hydroxyl groups excluding tert-OH is 1. The van der Waals surface area contributed by atoms with Gasteiger partial charge >= 0.3 is 5.97 Å². The number of cyclic esters (lactones) is 1. The maximum atomic E-state index is 13.2. The van der Waals surface area contributed by atoms with Gasteiger partial charge in [-0.05, 0) is 30.7 Å². The predicted octanol–water partition coefficient (Wildman–Crippen LogP) is 1.45. The molecule has 2 aliphatic heterocycles. The summed E-state index contributed by atoms with van der Waals surface area (Å²) in [6.07, 6.45) is 0.102. The van der Waals surface area contributed by atoms with E-state index in [0.29, 0.717) is 40.3 Å². The second-order valence-electron chi connectivity index (χ2n) is 7.49. The molecule has 0 bridgehead atoms. The zero-order chi connectivity index (χ0) is 21.0. The normalized spacial score (nSPS) is 19.2. The van der Waals surface area contributed by atoms with E-state index in [0.717, 1.165) is 10.9 Å². The molecule has 2 aliphatic rings. The van der Waals surface area contributed by atoms with Crippen molar-refractivity contribution in [2.24, 2.45) is 0 Å². The minimum atomic E-state index is -1.84. The number of hydrogen-bond donors (Lipinski definition) is 2. The second kappa shape index (κ2) is 6.65. The second-order valence-corrected chi connectivity index (χ2v) is 7.49. The molecule has 1 aromatic carbocycles. The van der Waals surface area contributed by atoms with Crippen LogP contribution in [0.25, 0.3) is 22.3 Å². The van der Waals surface area contributed by atoms with Crippen molar-refractivity contribution in [3.63, 3.8) is 0 Å². The molecule has 0 unspecified atom stereocenters. The number of pyridine rings is 2. The van der Waals surface area contributed by atoms with E-state index in [9.17, 15) is 14.7 Å². The van der Waals surface area contributed by atoms with Gasteiger partial charge in [-0.2, -0.15) is 0 Å². The molecule has 3 aromatic rings. The molecule has 0 radical (unpaired) electrons. The SMILES string of the molecule is CC[C@@]1(O)C(=O)OCc2c1cc1n(c2=O)Cc2cc3c(OCCO)cccc3nc2-1. The maximum Gasteiger partial charge on any atom is 0.343 e. The number of benzene rings is 1. The molecule has 5 rings (SSSR count). The number of hydrogen-bond acceptors (Lipinski definition) is 7. The molecule has 0 saturated carbocycles. The topological polar surface area (TPSA) is 111 Å². The van der Waals surface area contributed by atoms with Crippen LogP contribution >= 0.6 is 0 Å². The molecule has 0 saturated heterocycles. The number of esters is 1. The number of nitrogens with zero attached hydrogens (tertiary/aromatic N) is 2. The van der Waals surface area contributed by atoms with Crippen LogP contribution in [0.2, 0.25) is 0 Å².